The van der Waals surface area contributed by atoms with E-state index in [0.29, 0.717) is 12.1 Å². The molecule has 0 saturated carbocycles. The van der Waals surface area contributed by atoms with E-state index in [9.17, 15) is 27.5 Å². The van der Waals surface area contributed by atoms with Crippen molar-refractivity contribution in [2.75, 3.05) is 25.6 Å². The van der Waals surface area contributed by atoms with Gasteiger partial charge in [-0.3, -0.25) is 0 Å². The number of hydrogen-bond acceptors (Lipinski definition) is 3. The van der Waals surface area contributed by atoms with Crippen molar-refractivity contribution in [3.63, 3.8) is 0 Å². The number of halogens is 4. The Kier molecular flexibility index (Phi) is 5.91. The molecule has 0 fully saturated rings. The van der Waals surface area contributed by atoms with E-state index in [1.165, 1.54) is 7.11 Å². The Balaban J connectivity index is 2.65. The lowest BCUT2D eigenvalue weighted by Crippen LogP contribution is -2.37. The number of aliphatic hydroxyl groups is 1. The van der Waals surface area contributed by atoms with Crippen LogP contribution in [0.1, 0.15) is 5.56 Å². The maximum absolute atomic E-state index is 13.0. The highest BCUT2D eigenvalue weighted by Gasteiger charge is 2.34. The Hall–Kier alpha value is -1.87. The molecule has 118 valence electrons. The average Bonchev–Trinajstić information content (AvgIpc) is 2.38. The fraction of sp³-hybridized carbons (Fsp3) is 0.417. The monoisotopic (exact) mass is 310 g/mol. The zero-order valence-corrected chi connectivity index (χ0v) is 11.0. The van der Waals surface area contributed by atoms with Crippen molar-refractivity contribution < 1.29 is 32.2 Å². The standard InChI is InChI=1S/C12H14F4N2O3/c1-21-6-8(19)5-17-11(20)18-7-2-3-10(13)9(4-7)12(14,15)16/h2-4,8,19H,5-6H2,1H3,(H2,17,18,20). The largest absolute Gasteiger partial charge is 0.419 e. The first kappa shape index (κ1) is 17.2. The van der Waals surface area contributed by atoms with Gasteiger partial charge in [-0.05, 0) is 18.2 Å². The van der Waals surface area contributed by atoms with Crippen molar-refractivity contribution in [3.05, 3.63) is 29.6 Å². The smallest absolute Gasteiger partial charge is 0.389 e. The molecule has 0 aliphatic heterocycles. The molecule has 1 unspecified atom stereocenters. The summed E-state index contributed by atoms with van der Waals surface area (Å²) in [6.07, 6.45) is -5.80. The summed E-state index contributed by atoms with van der Waals surface area (Å²) in [5, 5.41) is 13.6. The number of hydrogen-bond donors (Lipinski definition) is 3. The summed E-state index contributed by atoms with van der Waals surface area (Å²) in [4.78, 5) is 11.4. The van der Waals surface area contributed by atoms with Crippen LogP contribution in [0.4, 0.5) is 28.0 Å². The van der Waals surface area contributed by atoms with Crippen molar-refractivity contribution in [2.24, 2.45) is 0 Å². The highest BCUT2D eigenvalue weighted by Crippen LogP contribution is 2.32. The van der Waals surface area contributed by atoms with Crippen LogP contribution in [0.25, 0.3) is 0 Å². The number of amides is 2. The second kappa shape index (κ2) is 7.23. The first-order chi connectivity index (χ1) is 9.74. The van der Waals surface area contributed by atoms with Crippen molar-refractivity contribution >= 4 is 11.7 Å². The molecule has 0 aliphatic carbocycles. The number of benzene rings is 1. The molecular formula is C12H14F4N2O3. The van der Waals surface area contributed by atoms with E-state index < -0.39 is 29.7 Å². The molecule has 5 nitrogen and oxygen atoms in total. The molecule has 0 radical (unpaired) electrons. The molecule has 3 N–H and O–H groups in total. The van der Waals surface area contributed by atoms with Gasteiger partial charge in [-0.1, -0.05) is 0 Å². The third-order valence-electron chi connectivity index (χ3n) is 2.39. The summed E-state index contributed by atoms with van der Waals surface area (Å²) >= 11 is 0. The molecule has 0 aromatic heterocycles. The van der Waals surface area contributed by atoms with E-state index in [4.69, 9.17) is 0 Å². The minimum atomic E-state index is -4.85. The van der Waals surface area contributed by atoms with Crippen LogP contribution in [0.15, 0.2) is 18.2 Å². The van der Waals surface area contributed by atoms with Crippen LogP contribution in [-0.4, -0.2) is 37.5 Å². The predicted molar refractivity (Wildman–Crippen MR) is 66.3 cm³/mol. The molecule has 1 rings (SSSR count). The van der Waals surface area contributed by atoms with E-state index in [2.05, 4.69) is 15.4 Å². The van der Waals surface area contributed by atoms with Crippen molar-refractivity contribution in [1.29, 1.82) is 0 Å². The molecular weight excluding hydrogens is 296 g/mol. The van der Waals surface area contributed by atoms with Gasteiger partial charge in [0.15, 0.2) is 0 Å². The molecule has 9 heteroatoms. The quantitative estimate of drug-likeness (QED) is 0.728. The number of nitrogens with one attached hydrogen (secondary N) is 2. The number of alkyl halides is 3. The Morgan fingerprint density at radius 3 is 2.67 bits per heavy atom. The maximum Gasteiger partial charge on any atom is 0.419 e. The lowest BCUT2D eigenvalue weighted by atomic mass is 10.2. The average molecular weight is 310 g/mol. The second-order valence-corrected chi connectivity index (χ2v) is 4.14. The fourth-order valence-corrected chi connectivity index (χ4v) is 1.46. The van der Waals surface area contributed by atoms with Gasteiger partial charge in [0.2, 0.25) is 0 Å². The van der Waals surface area contributed by atoms with E-state index >= 15 is 0 Å². The molecule has 0 spiro atoms. The van der Waals surface area contributed by atoms with E-state index in [1.807, 2.05) is 0 Å². The Morgan fingerprint density at radius 1 is 1.43 bits per heavy atom. The third-order valence-corrected chi connectivity index (χ3v) is 2.39. The predicted octanol–water partition coefficient (Wildman–Crippen LogP) is 1.97. The summed E-state index contributed by atoms with van der Waals surface area (Å²) in [5.41, 5.74) is -1.69. The Labute approximate surface area is 117 Å². The molecule has 0 heterocycles. The van der Waals surface area contributed by atoms with Gasteiger partial charge in [0.05, 0.1) is 18.3 Å². The molecule has 1 aromatic rings. The Bertz CT molecular complexity index is 494. The van der Waals surface area contributed by atoms with Crippen LogP contribution in [0.3, 0.4) is 0 Å². The van der Waals surface area contributed by atoms with Crippen molar-refractivity contribution in [1.82, 2.24) is 5.32 Å². The fourth-order valence-electron chi connectivity index (χ4n) is 1.46. The van der Waals surface area contributed by atoms with E-state index in [-0.39, 0.29) is 18.8 Å². The molecule has 0 saturated heterocycles. The van der Waals surface area contributed by atoms with Crippen LogP contribution in [0.5, 0.6) is 0 Å². The van der Waals surface area contributed by atoms with Crippen LogP contribution in [0, 0.1) is 5.82 Å². The van der Waals surface area contributed by atoms with Gasteiger partial charge in [-0.15, -0.1) is 0 Å². The Morgan fingerprint density at radius 2 is 2.10 bits per heavy atom. The number of methoxy groups -OCH3 is 1. The zero-order chi connectivity index (χ0) is 16.0. The minimum absolute atomic E-state index is 0.00491. The van der Waals surface area contributed by atoms with E-state index in [1.54, 1.807) is 0 Å². The molecule has 0 bridgehead atoms. The lowest BCUT2D eigenvalue weighted by Gasteiger charge is -2.13. The zero-order valence-electron chi connectivity index (χ0n) is 11.0. The molecule has 0 aliphatic rings. The van der Waals surface area contributed by atoms with Gasteiger partial charge in [-0.25, -0.2) is 9.18 Å². The van der Waals surface area contributed by atoms with Gasteiger partial charge in [0.1, 0.15) is 5.82 Å². The lowest BCUT2D eigenvalue weighted by molar-refractivity contribution is -0.139. The number of aliphatic hydroxyl groups excluding tert-OH is 1. The number of ether oxygens (including phenoxy) is 1. The summed E-state index contributed by atoms with van der Waals surface area (Å²) in [6, 6.07) is 1.26. The van der Waals surface area contributed by atoms with Crippen molar-refractivity contribution in [3.8, 4) is 0 Å². The first-order valence-corrected chi connectivity index (χ1v) is 5.82. The summed E-state index contributed by atoms with van der Waals surface area (Å²) < 4.78 is 55.1. The van der Waals surface area contributed by atoms with Crippen LogP contribution >= 0.6 is 0 Å². The molecule has 1 aromatic carbocycles. The van der Waals surface area contributed by atoms with Gasteiger partial charge in [-0.2, -0.15) is 13.2 Å². The number of urea groups is 1. The topological polar surface area (TPSA) is 70.6 Å². The normalized spacial score (nSPS) is 12.9. The van der Waals surface area contributed by atoms with Gasteiger partial charge < -0.3 is 20.5 Å². The summed E-state index contributed by atoms with van der Waals surface area (Å²) in [5.74, 6) is -1.43. The summed E-state index contributed by atoms with van der Waals surface area (Å²) in [6.45, 7) is -0.151. The number of rotatable bonds is 5. The SMILES string of the molecule is COCC(O)CNC(=O)Nc1ccc(F)c(C(F)(F)F)c1. The number of anilines is 1. The number of carbonyl (C=O) groups is 1. The van der Waals surface area contributed by atoms with Crippen LogP contribution in [0.2, 0.25) is 0 Å². The highest BCUT2D eigenvalue weighted by molar-refractivity contribution is 5.89. The van der Waals surface area contributed by atoms with E-state index in [0.717, 1.165) is 6.07 Å². The minimum Gasteiger partial charge on any atom is -0.389 e. The maximum atomic E-state index is 13.0. The van der Waals surface area contributed by atoms with Gasteiger partial charge in [0, 0.05) is 19.3 Å². The second-order valence-electron chi connectivity index (χ2n) is 4.14. The molecule has 2 amide bonds. The first-order valence-electron chi connectivity index (χ1n) is 5.82. The summed E-state index contributed by atoms with van der Waals surface area (Å²) in [7, 11) is 1.36. The molecule has 21 heavy (non-hydrogen) atoms. The number of carbonyl (C=O) groups excluding carboxylic acids is 1. The third kappa shape index (κ3) is 5.56. The van der Waals surface area contributed by atoms with Gasteiger partial charge >= 0.3 is 12.2 Å². The highest BCUT2D eigenvalue weighted by atomic mass is 19.4. The van der Waals surface area contributed by atoms with Crippen LogP contribution in [-0.2, 0) is 10.9 Å². The van der Waals surface area contributed by atoms with Crippen molar-refractivity contribution in [2.45, 2.75) is 12.3 Å². The van der Waals surface area contributed by atoms with Crippen LogP contribution < -0.4 is 10.6 Å². The molecule has 1 atom stereocenters. The van der Waals surface area contributed by atoms with Gasteiger partial charge in [0.25, 0.3) is 0 Å².